The van der Waals surface area contributed by atoms with Gasteiger partial charge in [-0.05, 0) is 6.54 Å². The zero-order valence-corrected chi connectivity index (χ0v) is 9.48. The van der Waals surface area contributed by atoms with Gasteiger partial charge in [0.05, 0.1) is 18.6 Å². The lowest BCUT2D eigenvalue weighted by Crippen LogP contribution is -2.20. The van der Waals surface area contributed by atoms with Gasteiger partial charge in [0, 0.05) is 19.3 Å². The van der Waals surface area contributed by atoms with Crippen molar-refractivity contribution in [2.45, 2.75) is 20.0 Å². The van der Waals surface area contributed by atoms with Crippen LogP contribution in [0.25, 0.3) is 0 Å². The van der Waals surface area contributed by atoms with E-state index in [0.717, 1.165) is 18.8 Å². The normalized spacial score (nSPS) is 10.6. The van der Waals surface area contributed by atoms with Crippen molar-refractivity contribution in [2.24, 2.45) is 5.73 Å². The highest BCUT2D eigenvalue weighted by atomic mass is 16.5. The lowest BCUT2D eigenvalue weighted by molar-refractivity contribution is -0.122. The fraction of sp³-hybridized carbons (Fsp3) is 0.600. The van der Waals surface area contributed by atoms with E-state index in [0.29, 0.717) is 13.2 Å². The number of ether oxygens (including phenoxy) is 1. The van der Waals surface area contributed by atoms with E-state index in [1.807, 2.05) is 10.8 Å². The zero-order valence-electron chi connectivity index (χ0n) is 9.48. The Bertz CT molecular complexity index is 324. The van der Waals surface area contributed by atoms with E-state index in [4.69, 9.17) is 10.5 Å². The van der Waals surface area contributed by atoms with Crippen LogP contribution >= 0.6 is 0 Å². The topological polar surface area (TPSA) is 82.2 Å². The maximum Gasteiger partial charge on any atom is 0.243 e. The Morgan fingerprint density at radius 3 is 3.19 bits per heavy atom. The van der Waals surface area contributed by atoms with Crippen molar-refractivity contribution in [3.8, 4) is 0 Å². The van der Waals surface area contributed by atoms with E-state index in [9.17, 15) is 4.79 Å². The fourth-order valence-corrected chi connectivity index (χ4v) is 1.29. The third kappa shape index (κ3) is 4.41. The molecule has 0 saturated heterocycles. The molecule has 90 valence electrons. The molecular formula is C10H18N4O2. The standard InChI is InChI=1S/C10H18N4O2/c1-2-12-5-9-6-13-8-14(9)3-4-16-7-10(11)15/h6,8,12H,2-5,7H2,1H3,(H2,11,15). The molecule has 0 bridgehead atoms. The molecule has 0 radical (unpaired) electrons. The Hall–Kier alpha value is -1.40. The first-order valence-corrected chi connectivity index (χ1v) is 5.29. The number of carbonyl (C=O) groups is 1. The van der Waals surface area contributed by atoms with E-state index >= 15 is 0 Å². The molecule has 16 heavy (non-hydrogen) atoms. The van der Waals surface area contributed by atoms with Gasteiger partial charge in [0.25, 0.3) is 0 Å². The number of nitrogens with zero attached hydrogens (tertiary/aromatic N) is 2. The van der Waals surface area contributed by atoms with Crippen molar-refractivity contribution in [1.82, 2.24) is 14.9 Å². The Morgan fingerprint density at radius 1 is 1.69 bits per heavy atom. The molecule has 0 unspecified atom stereocenters. The summed E-state index contributed by atoms with van der Waals surface area (Å²) >= 11 is 0. The lowest BCUT2D eigenvalue weighted by Gasteiger charge is -2.08. The number of hydrogen-bond donors (Lipinski definition) is 2. The summed E-state index contributed by atoms with van der Waals surface area (Å²) in [6, 6.07) is 0. The molecule has 6 nitrogen and oxygen atoms in total. The molecule has 6 heteroatoms. The Labute approximate surface area is 94.8 Å². The smallest absolute Gasteiger partial charge is 0.243 e. The first-order chi connectivity index (χ1) is 7.74. The average Bonchev–Trinajstić information content (AvgIpc) is 2.69. The minimum Gasteiger partial charge on any atom is -0.370 e. The summed E-state index contributed by atoms with van der Waals surface area (Å²) < 4.78 is 7.07. The van der Waals surface area contributed by atoms with E-state index in [1.165, 1.54) is 0 Å². The Morgan fingerprint density at radius 2 is 2.50 bits per heavy atom. The summed E-state index contributed by atoms with van der Waals surface area (Å²) in [5.74, 6) is -0.446. The van der Waals surface area contributed by atoms with Crippen molar-refractivity contribution >= 4 is 5.91 Å². The number of amides is 1. The summed E-state index contributed by atoms with van der Waals surface area (Å²) in [5, 5.41) is 3.22. The second-order valence-electron chi connectivity index (χ2n) is 3.38. The second-order valence-corrected chi connectivity index (χ2v) is 3.38. The predicted octanol–water partition coefficient (Wildman–Crippen LogP) is -0.505. The van der Waals surface area contributed by atoms with Crippen LogP contribution in [0.15, 0.2) is 12.5 Å². The van der Waals surface area contributed by atoms with Gasteiger partial charge in [0.15, 0.2) is 0 Å². The molecule has 0 aliphatic heterocycles. The van der Waals surface area contributed by atoms with Crippen LogP contribution < -0.4 is 11.1 Å². The second kappa shape index (κ2) is 6.97. The van der Waals surface area contributed by atoms with Gasteiger partial charge in [-0.15, -0.1) is 0 Å². The van der Waals surface area contributed by atoms with Crippen molar-refractivity contribution in [2.75, 3.05) is 19.8 Å². The third-order valence-electron chi connectivity index (χ3n) is 2.08. The number of carbonyl (C=O) groups excluding carboxylic acids is 1. The van der Waals surface area contributed by atoms with Crippen molar-refractivity contribution in [3.05, 3.63) is 18.2 Å². The summed E-state index contributed by atoms with van der Waals surface area (Å²) in [5.41, 5.74) is 6.06. The number of hydrogen-bond acceptors (Lipinski definition) is 4. The fourth-order valence-electron chi connectivity index (χ4n) is 1.29. The highest BCUT2D eigenvalue weighted by Crippen LogP contribution is 1.98. The predicted molar refractivity (Wildman–Crippen MR) is 59.6 cm³/mol. The van der Waals surface area contributed by atoms with Gasteiger partial charge >= 0.3 is 0 Å². The van der Waals surface area contributed by atoms with E-state index in [1.54, 1.807) is 6.33 Å². The van der Waals surface area contributed by atoms with Gasteiger partial charge in [0.2, 0.25) is 5.91 Å². The summed E-state index contributed by atoms with van der Waals surface area (Å²) in [6.07, 6.45) is 3.57. The van der Waals surface area contributed by atoms with Crippen LogP contribution in [0.5, 0.6) is 0 Å². The molecule has 1 heterocycles. The number of aromatic nitrogens is 2. The monoisotopic (exact) mass is 226 g/mol. The van der Waals surface area contributed by atoms with Crippen LogP contribution in [0, 0.1) is 0 Å². The van der Waals surface area contributed by atoms with E-state index in [-0.39, 0.29) is 6.61 Å². The molecule has 3 N–H and O–H groups in total. The van der Waals surface area contributed by atoms with Crippen molar-refractivity contribution in [1.29, 1.82) is 0 Å². The van der Waals surface area contributed by atoms with Gasteiger partial charge in [-0.1, -0.05) is 6.92 Å². The van der Waals surface area contributed by atoms with Gasteiger partial charge in [-0.2, -0.15) is 0 Å². The summed E-state index contributed by atoms with van der Waals surface area (Å²) in [4.78, 5) is 14.5. The molecule has 0 aliphatic rings. The number of primary amides is 1. The molecule has 0 saturated carbocycles. The summed E-state index contributed by atoms with van der Waals surface area (Å²) in [6.45, 7) is 4.86. The maximum absolute atomic E-state index is 10.4. The molecule has 0 fully saturated rings. The van der Waals surface area contributed by atoms with E-state index < -0.39 is 5.91 Å². The summed E-state index contributed by atoms with van der Waals surface area (Å²) in [7, 11) is 0. The van der Waals surface area contributed by atoms with Crippen LogP contribution in [0.2, 0.25) is 0 Å². The number of nitrogens with two attached hydrogens (primary N) is 1. The minimum absolute atomic E-state index is 0.0305. The minimum atomic E-state index is -0.446. The van der Waals surface area contributed by atoms with Gasteiger partial charge in [-0.3, -0.25) is 4.79 Å². The molecule has 1 rings (SSSR count). The van der Waals surface area contributed by atoms with Crippen LogP contribution in [0.4, 0.5) is 0 Å². The molecule has 1 aromatic heterocycles. The Balaban J connectivity index is 2.29. The van der Waals surface area contributed by atoms with Crippen molar-refractivity contribution < 1.29 is 9.53 Å². The van der Waals surface area contributed by atoms with Crippen LogP contribution in [-0.4, -0.2) is 35.2 Å². The van der Waals surface area contributed by atoms with Crippen molar-refractivity contribution in [3.63, 3.8) is 0 Å². The molecular weight excluding hydrogens is 208 g/mol. The molecule has 0 spiro atoms. The number of rotatable bonds is 8. The molecule has 0 aromatic carbocycles. The Kier molecular flexibility index (Phi) is 5.52. The van der Waals surface area contributed by atoms with Gasteiger partial charge < -0.3 is 20.4 Å². The number of nitrogens with one attached hydrogen (secondary N) is 1. The molecule has 1 amide bonds. The molecule has 0 aliphatic carbocycles. The van der Waals surface area contributed by atoms with Crippen LogP contribution in [0.1, 0.15) is 12.6 Å². The van der Waals surface area contributed by atoms with Crippen LogP contribution in [0.3, 0.4) is 0 Å². The third-order valence-corrected chi connectivity index (χ3v) is 2.08. The highest BCUT2D eigenvalue weighted by Gasteiger charge is 2.01. The van der Waals surface area contributed by atoms with Crippen LogP contribution in [-0.2, 0) is 22.6 Å². The highest BCUT2D eigenvalue weighted by molar-refractivity contribution is 5.74. The average molecular weight is 226 g/mol. The first-order valence-electron chi connectivity index (χ1n) is 5.29. The zero-order chi connectivity index (χ0) is 11.8. The lowest BCUT2D eigenvalue weighted by atomic mass is 10.4. The number of imidazole rings is 1. The maximum atomic E-state index is 10.4. The largest absolute Gasteiger partial charge is 0.370 e. The van der Waals surface area contributed by atoms with E-state index in [2.05, 4.69) is 17.2 Å². The SMILES string of the molecule is CCNCc1cncn1CCOCC(N)=O. The first kappa shape index (κ1) is 12.7. The quantitative estimate of drug-likeness (QED) is 0.585. The van der Waals surface area contributed by atoms with Gasteiger partial charge in [0.1, 0.15) is 6.61 Å². The molecule has 0 atom stereocenters. The van der Waals surface area contributed by atoms with Gasteiger partial charge in [-0.25, -0.2) is 4.98 Å². The molecule has 1 aromatic rings.